The highest BCUT2D eigenvalue weighted by Crippen LogP contribution is 2.21. The number of nitrogens with zero attached hydrogens (tertiary/aromatic N) is 4. The highest BCUT2D eigenvalue weighted by atomic mass is 16.5. The summed E-state index contributed by atoms with van der Waals surface area (Å²) >= 11 is 0. The van der Waals surface area contributed by atoms with Crippen LogP contribution in [0.4, 0.5) is 0 Å². The minimum Gasteiger partial charge on any atom is -0.379 e. The summed E-state index contributed by atoms with van der Waals surface area (Å²) in [6.07, 6.45) is 4.79. The minimum atomic E-state index is 0.0277. The summed E-state index contributed by atoms with van der Waals surface area (Å²) in [5.41, 5.74) is 0.905. The van der Waals surface area contributed by atoms with Gasteiger partial charge in [-0.2, -0.15) is 5.26 Å². The Labute approximate surface area is 136 Å². The van der Waals surface area contributed by atoms with Crippen LogP contribution in [0.1, 0.15) is 35.3 Å². The molecule has 1 aromatic rings. The third-order valence-corrected chi connectivity index (χ3v) is 4.59. The SMILES string of the molecule is N#Cc1ccc(C(=O)N2CCCCC2CN2CCOCC2)cn1. The zero-order valence-corrected chi connectivity index (χ0v) is 13.3. The van der Waals surface area contributed by atoms with Crippen molar-refractivity contribution < 1.29 is 9.53 Å². The van der Waals surface area contributed by atoms with E-state index in [9.17, 15) is 4.79 Å². The maximum absolute atomic E-state index is 12.8. The van der Waals surface area contributed by atoms with Gasteiger partial charge in [-0.25, -0.2) is 4.98 Å². The number of carbonyl (C=O) groups excluding carboxylic acids is 1. The Balaban J connectivity index is 1.69. The molecule has 3 rings (SSSR count). The van der Waals surface area contributed by atoms with Gasteiger partial charge in [0, 0.05) is 38.4 Å². The smallest absolute Gasteiger partial charge is 0.255 e. The Hall–Kier alpha value is -1.97. The van der Waals surface area contributed by atoms with Crippen molar-refractivity contribution in [3.8, 4) is 6.07 Å². The topological polar surface area (TPSA) is 69.5 Å². The fourth-order valence-corrected chi connectivity index (χ4v) is 3.29. The van der Waals surface area contributed by atoms with E-state index in [-0.39, 0.29) is 11.9 Å². The summed E-state index contributed by atoms with van der Waals surface area (Å²) < 4.78 is 5.40. The fourth-order valence-electron chi connectivity index (χ4n) is 3.29. The van der Waals surface area contributed by atoms with Gasteiger partial charge in [0.25, 0.3) is 5.91 Å². The zero-order chi connectivity index (χ0) is 16.1. The first-order valence-electron chi connectivity index (χ1n) is 8.25. The monoisotopic (exact) mass is 314 g/mol. The number of pyridine rings is 1. The summed E-state index contributed by atoms with van der Waals surface area (Å²) in [6, 6.07) is 5.54. The second-order valence-electron chi connectivity index (χ2n) is 6.11. The van der Waals surface area contributed by atoms with Crippen molar-refractivity contribution in [2.75, 3.05) is 39.4 Å². The lowest BCUT2D eigenvalue weighted by Gasteiger charge is -2.39. The number of carbonyl (C=O) groups is 1. The predicted octanol–water partition coefficient (Wildman–Crippen LogP) is 1.28. The van der Waals surface area contributed by atoms with Crippen molar-refractivity contribution in [1.82, 2.24) is 14.8 Å². The second kappa shape index (κ2) is 7.53. The van der Waals surface area contributed by atoms with Gasteiger partial charge in [-0.3, -0.25) is 9.69 Å². The van der Waals surface area contributed by atoms with Crippen LogP contribution in [0.5, 0.6) is 0 Å². The van der Waals surface area contributed by atoms with Crippen LogP contribution in [0.25, 0.3) is 0 Å². The average molecular weight is 314 g/mol. The molecule has 2 fully saturated rings. The summed E-state index contributed by atoms with van der Waals surface area (Å²) in [4.78, 5) is 21.2. The maximum atomic E-state index is 12.8. The number of hydrogen-bond acceptors (Lipinski definition) is 5. The van der Waals surface area contributed by atoms with Gasteiger partial charge >= 0.3 is 0 Å². The Morgan fingerprint density at radius 2 is 2.13 bits per heavy atom. The summed E-state index contributed by atoms with van der Waals surface area (Å²) in [5.74, 6) is 0.0277. The van der Waals surface area contributed by atoms with Crippen molar-refractivity contribution in [2.45, 2.75) is 25.3 Å². The number of aromatic nitrogens is 1. The van der Waals surface area contributed by atoms with Crippen LogP contribution in [-0.4, -0.2) is 66.1 Å². The Kier molecular flexibility index (Phi) is 5.21. The lowest BCUT2D eigenvalue weighted by molar-refractivity contribution is 0.0166. The van der Waals surface area contributed by atoms with Gasteiger partial charge in [-0.1, -0.05) is 0 Å². The van der Waals surface area contributed by atoms with E-state index in [2.05, 4.69) is 9.88 Å². The fraction of sp³-hybridized carbons (Fsp3) is 0.588. The van der Waals surface area contributed by atoms with Crippen molar-refractivity contribution >= 4 is 5.91 Å². The first-order chi connectivity index (χ1) is 11.3. The molecular formula is C17H22N4O2. The van der Waals surface area contributed by atoms with Crippen LogP contribution in [0.2, 0.25) is 0 Å². The first-order valence-corrected chi connectivity index (χ1v) is 8.25. The number of amides is 1. The molecule has 1 aromatic heterocycles. The molecule has 2 aliphatic heterocycles. The molecule has 1 amide bonds. The van der Waals surface area contributed by atoms with E-state index in [0.717, 1.165) is 52.2 Å². The molecule has 0 radical (unpaired) electrons. The molecule has 0 aliphatic carbocycles. The molecule has 23 heavy (non-hydrogen) atoms. The molecule has 1 atom stereocenters. The molecule has 3 heterocycles. The number of ether oxygens (including phenoxy) is 1. The third kappa shape index (κ3) is 3.87. The summed E-state index contributed by atoms with van der Waals surface area (Å²) in [5, 5.41) is 8.82. The van der Waals surface area contributed by atoms with E-state index >= 15 is 0 Å². The first kappa shape index (κ1) is 15.9. The number of rotatable bonds is 3. The molecule has 0 bridgehead atoms. The molecule has 2 saturated heterocycles. The van der Waals surface area contributed by atoms with E-state index in [1.54, 1.807) is 12.1 Å². The van der Waals surface area contributed by atoms with Crippen LogP contribution in [0.3, 0.4) is 0 Å². The standard InChI is InChI=1S/C17H22N4O2/c18-11-15-5-4-14(12-19-15)17(22)21-6-2-1-3-16(21)13-20-7-9-23-10-8-20/h4-5,12,16H,1-3,6-10,13H2. The van der Waals surface area contributed by atoms with Gasteiger partial charge < -0.3 is 9.64 Å². The predicted molar refractivity (Wildman–Crippen MR) is 84.9 cm³/mol. The summed E-state index contributed by atoms with van der Waals surface area (Å²) in [7, 11) is 0. The van der Waals surface area contributed by atoms with Crippen molar-refractivity contribution in [1.29, 1.82) is 5.26 Å². The van der Waals surface area contributed by atoms with Crippen molar-refractivity contribution in [3.63, 3.8) is 0 Å². The summed E-state index contributed by atoms with van der Waals surface area (Å²) in [6.45, 7) is 5.15. The van der Waals surface area contributed by atoms with Gasteiger partial charge in [0.05, 0.1) is 18.8 Å². The van der Waals surface area contributed by atoms with Gasteiger partial charge in [0.2, 0.25) is 0 Å². The highest BCUT2D eigenvalue weighted by Gasteiger charge is 2.29. The Morgan fingerprint density at radius 3 is 2.83 bits per heavy atom. The second-order valence-corrected chi connectivity index (χ2v) is 6.11. The minimum absolute atomic E-state index is 0.0277. The van der Waals surface area contributed by atoms with Crippen LogP contribution < -0.4 is 0 Å². The number of likely N-dealkylation sites (tertiary alicyclic amines) is 1. The number of piperidine rings is 1. The molecule has 6 nitrogen and oxygen atoms in total. The number of hydrogen-bond donors (Lipinski definition) is 0. The third-order valence-electron chi connectivity index (χ3n) is 4.59. The van der Waals surface area contributed by atoms with Crippen LogP contribution in [0, 0.1) is 11.3 Å². The van der Waals surface area contributed by atoms with Crippen LogP contribution in [0.15, 0.2) is 18.3 Å². The van der Waals surface area contributed by atoms with E-state index in [1.807, 2.05) is 11.0 Å². The maximum Gasteiger partial charge on any atom is 0.255 e. The largest absolute Gasteiger partial charge is 0.379 e. The highest BCUT2D eigenvalue weighted by molar-refractivity contribution is 5.94. The van der Waals surface area contributed by atoms with E-state index in [4.69, 9.17) is 10.00 Å². The number of nitriles is 1. The lowest BCUT2D eigenvalue weighted by atomic mass is 10.00. The van der Waals surface area contributed by atoms with Gasteiger partial charge in [-0.15, -0.1) is 0 Å². The Bertz CT molecular complexity index is 575. The molecule has 2 aliphatic rings. The molecule has 0 saturated carbocycles. The molecule has 0 N–H and O–H groups in total. The van der Waals surface area contributed by atoms with Crippen molar-refractivity contribution in [2.24, 2.45) is 0 Å². The van der Waals surface area contributed by atoms with Crippen LogP contribution >= 0.6 is 0 Å². The van der Waals surface area contributed by atoms with E-state index in [0.29, 0.717) is 11.3 Å². The molecule has 0 aromatic carbocycles. The molecule has 6 heteroatoms. The molecular weight excluding hydrogens is 292 g/mol. The van der Waals surface area contributed by atoms with Gasteiger partial charge in [0.15, 0.2) is 0 Å². The van der Waals surface area contributed by atoms with Gasteiger partial charge in [0.1, 0.15) is 11.8 Å². The quantitative estimate of drug-likeness (QED) is 0.840. The normalized spacial score (nSPS) is 22.6. The average Bonchev–Trinajstić information content (AvgIpc) is 2.62. The van der Waals surface area contributed by atoms with Crippen molar-refractivity contribution in [3.05, 3.63) is 29.6 Å². The van der Waals surface area contributed by atoms with Crippen LogP contribution in [-0.2, 0) is 4.74 Å². The Morgan fingerprint density at radius 1 is 1.30 bits per heavy atom. The molecule has 122 valence electrons. The van der Waals surface area contributed by atoms with E-state index < -0.39 is 0 Å². The lowest BCUT2D eigenvalue weighted by Crippen LogP contribution is -2.51. The van der Waals surface area contributed by atoms with Gasteiger partial charge in [-0.05, 0) is 31.4 Å². The number of morpholine rings is 1. The molecule has 0 spiro atoms. The zero-order valence-electron chi connectivity index (χ0n) is 13.3. The van der Waals surface area contributed by atoms with E-state index in [1.165, 1.54) is 12.6 Å². The molecule has 1 unspecified atom stereocenters.